The van der Waals surface area contributed by atoms with E-state index in [1.807, 2.05) is 20.8 Å². The fraction of sp³-hybridized carbons (Fsp3) is 0.857. The van der Waals surface area contributed by atoms with Crippen molar-refractivity contribution in [3.8, 4) is 0 Å². The van der Waals surface area contributed by atoms with Crippen molar-refractivity contribution in [3.63, 3.8) is 0 Å². The molecule has 0 aromatic rings. The van der Waals surface area contributed by atoms with Crippen molar-refractivity contribution in [2.75, 3.05) is 0 Å². The van der Waals surface area contributed by atoms with Crippen molar-refractivity contribution in [1.29, 1.82) is 0 Å². The molecule has 9 heavy (non-hydrogen) atoms. The third-order valence-electron chi connectivity index (χ3n) is 1.29. The molecule has 0 amide bonds. The van der Waals surface area contributed by atoms with Gasteiger partial charge in [0.15, 0.2) is 0 Å². The highest BCUT2D eigenvalue weighted by Crippen LogP contribution is 2.04. The van der Waals surface area contributed by atoms with Crippen LogP contribution in [0.15, 0.2) is 0 Å². The molecule has 0 bridgehead atoms. The van der Waals surface area contributed by atoms with Crippen LogP contribution in [-0.2, 0) is 9.53 Å². The van der Waals surface area contributed by atoms with Gasteiger partial charge >= 0.3 is 5.97 Å². The maximum Gasteiger partial charge on any atom is 0.302 e. The second kappa shape index (κ2) is 3.49. The van der Waals surface area contributed by atoms with Crippen LogP contribution in [0, 0.1) is 5.92 Å². The van der Waals surface area contributed by atoms with E-state index in [1.165, 1.54) is 6.92 Å². The standard InChI is InChI=1S/C7H14O2/c1-5(2)6(3)9-7(4)8/h5-6H,1-4H3/t6-/m0/s1. The second-order valence-electron chi connectivity index (χ2n) is 2.56. The zero-order valence-corrected chi connectivity index (χ0v) is 6.47. The number of carbonyl (C=O) groups excluding carboxylic acids is 1. The van der Waals surface area contributed by atoms with Gasteiger partial charge in [0.05, 0.1) is 0 Å². The van der Waals surface area contributed by atoms with Crippen LogP contribution in [0.25, 0.3) is 0 Å². The molecule has 2 heteroatoms. The third-order valence-corrected chi connectivity index (χ3v) is 1.29. The van der Waals surface area contributed by atoms with Gasteiger partial charge in [0, 0.05) is 6.92 Å². The van der Waals surface area contributed by atoms with Crippen LogP contribution in [0.4, 0.5) is 0 Å². The van der Waals surface area contributed by atoms with Crippen molar-refractivity contribution in [3.05, 3.63) is 0 Å². The first-order valence-electron chi connectivity index (χ1n) is 3.21. The highest BCUT2D eigenvalue weighted by molar-refractivity contribution is 5.66. The molecule has 0 spiro atoms. The van der Waals surface area contributed by atoms with E-state index in [9.17, 15) is 4.79 Å². The van der Waals surface area contributed by atoms with E-state index in [0.29, 0.717) is 5.92 Å². The number of esters is 1. The molecule has 0 aliphatic rings. The lowest BCUT2D eigenvalue weighted by Gasteiger charge is -2.14. The van der Waals surface area contributed by atoms with Crippen molar-refractivity contribution >= 4 is 5.97 Å². The molecule has 0 fully saturated rings. The summed E-state index contributed by atoms with van der Waals surface area (Å²) in [6.45, 7) is 7.37. The van der Waals surface area contributed by atoms with Gasteiger partial charge in [-0.3, -0.25) is 4.79 Å². The number of ether oxygens (including phenoxy) is 1. The van der Waals surface area contributed by atoms with Crippen molar-refractivity contribution in [2.45, 2.75) is 33.8 Å². The molecule has 0 aromatic heterocycles. The Balaban J connectivity index is 3.50. The van der Waals surface area contributed by atoms with Crippen LogP contribution < -0.4 is 0 Å². The smallest absolute Gasteiger partial charge is 0.302 e. The Bertz CT molecular complexity index is 97.1. The van der Waals surface area contributed by atoms with Crippen molar-refractivity contribution < 1.29 is 9.53 Å². The van der Waals surface area contributed by atoms with Gasteiger partial charge in [0.25, 0.3) is 0 Å². The Kier molecular flexibility index (Phi) is 3.28. The molecule has 1 atom stereocenters. The number of hydrogen-bond donors (Lipinski definition) is 0. The Morgan fingerprint density at radius 2 is 1.78 bits per heavy atom. The number of hydrogen-bond acceptors (Lipinski definition) is 2. The highest BCUT2D eigenvalue weighted by Gasteiger charge is 2.08. The fourth-order valence-electron chi connectivity index (χ4n) is 0.398. The average molecular weight is 130 g/mol. The SMILES string of the molecule is CC(=O)O[C@@H](C)C(C)C. The lowest BCUT2D eigenvalue weighted by Crippen LogP contribution is -2.17. The molecule has 0 aromatic carbocycles. The summed E-state index contributed by atoms with van der Waals surface area (Å²) in [5.74, 6) is 0.213. The maximum absolute atomic E-state index is 10.3. The van der Waals surface area contributed by atoms with Crippen LogP contribution in [0.3, 0.4) is 0 Å². The number of rotatable bonds is 2. The number of carbonyl (C=O) groups is 1. The predicted octanol–water partition coefficient (Wildman–Crippen LogP) is 1.59. The maximum atomic E-state index is 10.3. The normalized spacial score (nSPS) is 13.4. The van der Waals surface area contributed by atoms with Crippen LogP contribution in [0.1, 0.15) is 27.7 Å². The first-order chi connectivity index (χ1) is 4.04. The first-order valence-corrected chi connectivity index (χ1v) is 3.21. The lowest BCUT2D eigenvalue weighted by molar-refractivity contribution is -0.147. The minimum Gasteiger partial charge on any atom is -0.463 e. The highest BCUT2D eigenvalue weighted by atomic mass is 16.5. The molecular weight excluding hydrogens is 116 g/mol. The first kappa shape index (κ1) is 8.47. The van der Waals surface area contributed by atoms with Gasteiger partial charge in [-0.2, -0.15) is 0 Å². The summed E-state index contributed by atoms with van der Waals surface area (Å²) in [6, 6.07) is 0. The topological polar surface area (TPSA) is 26.3 Å². The van der Waals surface area contributed by atoms with Crippen molar-refractivity contribution in [1.82, 2.24) is 0 Å². The lowest BCUT2D eigenvalue weighted by atomic mass is 10.1. The zero-order valence-electron chi connectivity index (χ0n) is 6.47. The minimum absolute atomic E-state index is 0.0440. The Hall–Kier alpha value is -0.530. The van der Waals surface area contributed by atoms with E-state index >= 15 is 0 Å². The summed E-state index contributed by atoms with van der Waals surface area (Å²) in [6.07, 6.45) is 0.0440. The molecule has 0 heterocycles. The van der Waals surface area contributed by atoms with E-state index < -0.39 is 0 Å². The Morgan fingerprint density at radius 3 is 1.89 bits per heavy atom. The van der Waals surface area contributed by atoms with Crippen LogP contribution in [0.2, 0.25) is 0 Å². The molecule has 0 saturated carbocycles. The van der Waals surface area contributed by atoms with Gasteiger partial charge < -0.3 is 4.74 Å². The summed E-state index contributed by atoms with van der Waals surface area (Å²) in [5, 5.41) is 0. The van der Waals surface area contributed by atoms with Gasteiger partial charge in [-0.05, 0) is 12.8 Å². The Morgan fingerprint density at radius 1 is 1.33 bits per heavy atom. The molecule has 0 radical (unpaired) electrons. The molecule has 0 unspecified atom stereocenters. The summed E-state index contributed by atoms with van der Waals surface area (Å²) in [4.78, 5) is 10.3. The largest absolute Gasteiger partial charge is 0.463 e. The minimum atomic E-state index is -0.198. The predicted molar refractivity (Wildman–Crippen MR) is 36.1 cm³/mol. The van der Waals surface area contributed by atoms with Gasteiger partial charge in [-0.25, -0.2) is 0 Å². The van der Waals surface area contributed by atoms with Gasteiger partial charge in [0.1, 0.15) is 6.10 Å². The molecule has 2 nitrogen and oxygen atoms in total. The molecule has 0 aliphatic heterocycles. The third kappa shape index (κ3) is 4.01. The Labute approximate surface area is 56.2 Å². The van der Waals surface area contributed by atoms with E-state index in [1.54, 1.807) is 0 Å². The molecular formula is C7H14O2. The van der Waals surface area contributed by atoms with E-state index in [-0.39, 0.29) is 12.1 Å². The monoisotopic (exact) mass is 130 g/mol. The second-order valence-corrected chi connectivity index (χ2v) is 2.56. The molecule has 0 saturated heterocycles. The van der Waals surface area contributed by atoms with Gasteiger partial charge in [-0.1, -0.05) is 13.8 Å². The van der Waals surface area contributed by atoms with Crippen LogP contribution >= 0.6 is 0 Å². The summed E-state index contributed by atoms with van der Waals surface area (Å²) in [5.41, 5.74) is 0. The van der Waals surface area contributed by atoms with Crippen molar-refractivity contribution in [2.24, 2.45) is 5.92 Å². The molecule has 54 valence electrons. The van der Waals surface area contributed by atoms with E-state index in [4.69, 9.17) is 4.74 Å². The quantitative estimate of drug-likeness (QED) is 0.530. The summed E-state index contributed by atoms with van der Waals surface area (Å²) in [7, 11) is 0. The van der Waals surface area contributed by atoms with Crippen LogP contribution in [-0.4, -0.2) is 12.1 Å². The van der Waals surface area contributed by atoms with Gasteiger partial charge in [-0.15, -0.1) is 0 Å². The van der Waals surface area contributed by atoms with E-state index in [2.05, 4.69) is 0 Å². The summed E-state index contributed by atoms with van der Waals surface area (Å²) >= 11 is 0. The molecule has 0 N–H and O–H groups in total. The molecule has 0 rings (SSSR count). The molecule has 0 aliphatic carbocycles. The zero-order chi connectivity index (χ0) is 7.44. The average Bonchev–Trinajstić information content (AvgIpc) is 1.63. The summed E-state index contributed by atoms with van der Waals surface area (Å²) < 4.78 is 4.87. The van der Waals surface area contributed by atoms with E-state index in [0.717, 1.165) is 0 Å². The van der Waals surface area contributed by atoms with Crippen LogP contribution in [0.5, 0.6) is 0 Å². The van der Waals surface area contributed by atoms with Gasteiger partial charge in [0.2, 0.25) is 0 Å². The fourth-order valence-corrected chi connectivity index (χ4v) is 0.398.